The summed E-state index contributed by atoms with van der Waals surface area (Å²) < 4.78 is 22.2. The first-order valence-corrected chi connectivity index (χ1v) is 7.80. The number of hydrogen-bond acceptors (Lipinski definition) is 5. The molecule has 0 aromatic heterocycles. The summed E-state index contributed by atoms with van der Waals surface area (Å²) in [6.45, 7) is 3.97. The van der Waals surface area contributed by atoms with Crippen LogP contribution in [-0.4, -0.2) is 26.4 Å². The number of fused-ring (bicyclic) bond motifs is 1. The van der Waals surface area contributed by atoms with Crippen LogP contribution in [0.3, 0.4) is 0 Å². The van der Waals surface area contributed by atoms with E-state index in [1.54, 1.807) is 27.4 Å². The SMILES string of the molecule is COc1ccc(C2Oc3c(cc(O)c(OC)c3C)[C@@H]2C)cc1OC. The Morgan fingerprint density at radius 3 is 2.33 bits per heavy atom. The van der Waals surface area contributed by atoms with Crippen molar-refractivity contribution in [2.45, 2.75) is 25.9 Å². The molecule has 5 heteroatoms. The summed E-state index contributed by atoms with van der Waals surface area (Å²) in [7, 11) is 4.77. The van der Waals surface area contributed by atoms with Gasteiger partial charge in [0.15, 0.2) is 23.0 Å². The highest BCUT2D eigenvalue weighted by molar-refractivity contribution is 5.60. The number of ether oxygens (including phenoxy) is 4. The van der Waals surface area contributed by atoms with Crippen molar-refractivity contribution in [3.05, 3.63) is 41.0 Å². The van der Waals surface area contributed by atoms with Crippen molar-refractivity contribution < 1.29 is 24.1 Å². The monoisotopic (exact) mass is 330 g/mol. The van der Waals surface area contributed by atoms with E-state index in [1.165, 1.54) is 0 Å². The zero-order valence-corrected chi connectivity index (χ0v) is 14.5. The second-order valence-corrected chi connectivity index (χ2v) is 5.91. The minimum Gasteiger partial charge on any atom is -0.504 e. The van der Waals surface area contributed by atoms with Crippen LogP contribution in [0.15, 0.2) is 24.3 Å². The van der Waals surface area contributed by atoms with Crippen molar-refractivity contribution in [1.82, 2.24) is 0 Å². The standard InChI is InChI=1S/C19H22O5/c1-10-13-9-14(20)19(23-5)11(2)18(13)24-17(10)12-6-7-15(21-3)16(8-12)22-4/h6-10,17,20H,1-5H3/t10-,17?/m0/s1. The Balaban J connectivity index is 2.02. The van der Waals surface area contributed by atoms with E-state index in [0.29, 0.717) is 17.2 Å². The Hall–Kier alpha value is -2.56. The lowest BCUT2D eigenvalue weighted by atomic mass is 9.91. The topological polar surface area (TPSA) is 57.2 Å². The Morgan fingerprint density at radius 2 is 1.71 bits per heavy atom. The van der Waals surface area contributed by atoms with Crippen molar-refractivity contribution in [2.24, 2.45) is 0 Å². The minimum atomic E-state index is -0.162. The molecule has 0 saturated carbocycles. The maximum Gasteiger partial charge on any atom is 0.167 e. The summed E-state index contributed by atoms with van der Waals surface area (Å²) in [6, 6.07) is 7.50. The van der Waals surface area contributed by atoms with Crippen LogP contribution in [-0.2, 0) is 0 Å². The Bertz CT molecular complexity index is 769. The predicted molar refractivity (Wildman–Crippen MR) is 90.7 cm³/mol. The van der Waals surface area contributed by atoms with Gasteiger partial charge in [-0.25, -0.2) is 0 Å². The number of methoxy groups -OCH3 is 3. The van der Waals surface area contributed by atoms with E-state index in [4.69, 9.17) is 18.9 Å². The third-order valence-corrected chi connectivity index (χ3v) is 4.60. The van der Waals surface area contributed by atoms with Crippen molar-refractivity contribution >= 4 is 0 Å². The molecular weight excluding hydrogens is 308 g/mol. The summed E-state index contributed by atoms with van der Waals surface area (Å²) in [4.78, 5) is 0. The van der Waals surface area contributed by atoms with E-state index in [9.17, 15) is 5.11 Å². The van der Waals surface area contributed by atoms with Gasteiger partial charge < -0.3 is 24.1 Å². The van der Waals surface area contributed by atoms with Gasteiger partial charge in [0.1, 0.15) is 11.9 Å². The summed E-state index contributed by atoms with van der Waals surface area (Å²) >= 11 is 0. The fourth-order valence-electron chi connectivity index (χ4n) is 3.32. The normalized spacial score (nSPS) is 18.7. The lowest BCUT2D eigenvalue weighted by Crippen LogP contribution is -2.07. The lowest BCUT2D eigenvalue weighted by Gasteiger charge is -2.18. The molecule has 1 aliphatic heterocycles. The van der Waals surface area contributed by atoms with Crippen LogP contribution >= 0.6 is 0 Å². The highest BCUT2D eigenvalue weighted by Gasteiger charge is 2.35. The maximum absolute atomic E-state index is 10.2. The zero-order valence-electron chi connectivity index (χ0n) is 14.5. The molecule has 2 aromatic rings. The number of rotatable bonds is 4. The largest absolute Gasteiger partial charge is 0.504 e. The second-order valence-electron chi connectivity index (χ2n) is 5.91. The van der Waals surface area contributed by atoms with Gasteiger partial charge in [-0.1, -0.05) is 13.0 Å². The first-order chi connectivity index (χ1) is 11.5. The van der Waals surface area contributed by atoms with Crippen LogP contribution in [0.25, 0.3) is 0 Å². The molecule has 0 amide bonds. The van der Waals surface area contributed by atoms with Gasteiger partial charge in [-0.05, 0) is 30.7 Å². The van der Waals surface area contributed by atoms with E-state index in [1.807, 2.05) is 25.1 Å². The molecule has 24 heavy (non-hydrogen) atoms. The molecule has 2 aromatic carbocycles. The molecule has 1 unspecified atom stereocenters. The molecule has 0 fully saturated rings. The van der Waals surface area contributed by atoms with E-state index in [0.717, 1.165) is 22.4 Å². The van der Waals surface area contributed by atoms with E-state index in [-0.39, 0.29) is 17.8 Å². The highest BCUT2D eigenvalue weighted by Crippen LogP contribution is 2.52. The van der Waals surface area contributed by atoms with E-state index >= 15 is 0 Å². The van der Waals surface area contributed by atoms with Crippen LogP contribution in [0.1, 0.15) is 35.6 Å². The average Bonchev–Trinajstić information content (AvgIpc) is 2.92. The molecule has 0 aliphatic carbocycles. The first kappa shape index (κ1) is 16.3. The fourth-order valence-corrected chi connectivity index (χ4v) is 3.32. The van der Waals surface area contributed by atoms with Crippen LogP contribution in [0.4, 0.5) is 0 Å². The molecule has 5 nitrogen and oxygen atoms in total. The number of hydrogen-bond donors (Lipinski definition) is 1. The van der Waals surface area contributed by atoms with Gasteiger partial charge in [0.2, 0.25) is 0 Å². The molecule has 1 heterocycles. The molecule has 1 aliphatic rings. The quantitative estimate of drug-likeness (QED) is 0.919. The molecule has 0 saturated heterocycles. The van der Waals surface area contributed by atoms with Crippen molar-refractivity contribution in [2.75, 3.05) is 21.3 Å². The van der Waals surface area contributed by atoms with Crippen LogP contribution < -0.4 is 18.9 Å². The van der Waals surface area contributed by atoms with Crippen molar-refractivity contribution in [3.63, 3.8) is 0 Å². The lowest BCUT2D eigenvalue weighted by molar-refractivity contribution is 0.213. The molecule has 3 rings (SSSR count). The van der Waals surface area contributed by atoms with E-state index < -0.39 is 0 Å². The van der Waals surface area contributed by atoms with E-state index in [2.05, 4.69) is 6.92 Å². The Kier molecular flexibility index (Phi) is 4.18. The molecule has 128 valence electrons. The minimum absolute atomic E-state index is 0.0913. The van der Waals surface area contributed by atoms with Gasteiger partial charge in [-0.15, -0.1) is 0 Å². The molecule has 2 atom stereocenters. The van der Waals surface area contributed by atoms with Gasteiger partial charge in [-0.2, -0.15) is 0 Å². The smallest absolute Gasteiger partial charge is 0.167 e. The highest BCUT2D eigenvalue weighted by atomic mass is 16.5. The second kappa shape index (κ2) is 6.15. The third kappa shape index (κ3) is 2.40. The summed E-state index contributed by atoms with van der Waals surface area (Å²) in [5.41, 5.74) is 2.78. The molecule has 1 N–H and O–H groups in total. The summed E-state index contributed by atoms with van der Waals surface area (Å²) in [5.74, 6) is 2.80. The number of phenolic OH excluding ortho intramolecular Hbond substituents is 1. The zero-order chi connectivity index (χ0) is 17.4. The Morgan fingerprint density at radius 1 is 1.00 bits per heavy atom. The van der Waals surface area contributed by atoms with Crippen molar-refractivity contribution in [3.8, 4) is 28.7 Å². The summed E-state index contributed by atoms with van der Waals surface area (Å²) in [6.07, 6.45) is -0.162. The van der Waals surface area contributed by atoms with Gasteiger partial charge in [-0.3, -0.25) is 0 Å². The average molecular weight is 330 g/mol. The molecule has 0 radical (unpaired) electrons. The fraction of sp³-hybridized carbons (Fsp3) is 0.368. The number of benzene rings is 2. The van der Waals surface area contributed by atoms with Crippen LogP contribution in [0.2, 0.25) is 0 Å². The first-order valence-electron chi connectivity index (χ1n) is 7.80. The van der Waals surface area contributed by atoms with Gasteiger partial charge in [0.25, 0.3) is 0 Å². The summed E-state index contributed by atoms with van der Waals surface area (Å²) in [5, 5.41) is 10.2. The third-order valence-electron chi connectivity index (χ3n) is 4.60. The molecular formula is C19H22O5. The number of phenols is 1. The van der Waals surface area contributed by atoms with Crippen molar-refractivity contribution in [1.29, 1.82) is 0 Å². The maximum atomic E-state index is 10.2. The molecule has 0 spiro atoms. The predicted octanol–water partition coefficient (Wildman–Crippen LogP) is 3.96. The van der Waals surface area contributed by atoms with Gasteiger partial charge >= 0.3 is 0 Å². The van der Waals surface area contributed by atoms with Crippen LogP contribution in [0.5, 0.6) is 28.7 Å². The molecule has 0 bridgehead atoms. The van der Waals surface area contributed by atoms with Gasteiger partial charge in [0.05, 0.1) is 21.3 Å². The van der Waals surface area contributed by atoms with Gasteiger partial charge in [0, 0.05) is 17.0 Å². The van der Waals surface area contributed by atoms with Crippen LogP contribution in [0, 0.1) is 6.92 Å². The Labute approximate surface area is 141 Å². The number of aromatic hydroxyl groups is 1.